The van der Waals surface area contributed by atoms with Gasteiger partial charge in [0, 0.05) is 3.57 Å². The highest BCUT2D eigenvalue weighted by atomic mass is 127. The van der Waals surface area contributed by atoms with Gasteiger partial charge in [-0.15, -0.1) is 0 Å². The molecule has 0 saturated heterocycles. The summed E-state index contributed by atoms with van der Waals surface area (Å²) in [5.41, 5.74) is 2.57. The highest BCUT2D eigenvalue weighted by Crippen LogP contribution is 2.19. The molecule has 0 atom stereocenters. The molecule has 0 fully saturated rings. The largest absolute Gasteiger partial charge is 0.296 e. The molecular weight excluding hydrogens is 398 g/mol. The van der Waals surface area contributed by atoms with Crippen molar-refractivity contribution in [1.29, 1.82) is 0 Å². The van der Waals surface area contributed by atoms with Crippen LogP contribution in [0.4, 0.5) is 0 Å². The summed E-state index contributed by atoms with van der Waals surface area (Å²) >= 11 is 4.36. The van der Waals surface area contributed by atoms with Crippen molar-refractivity contribution in [2.24, 2.45) is 0 Å². The SMILES string of the molecule is Ic1ccc(-c2ccc([IH+])cc2)cc1. The number of hydrogen-bond acceptors (Lipinski definition) is 0. The second-order valence-electron chi connectivity index (χ2n) is 3.03. The van der Waals surface area contributed by atoms with Gasteiger partial charge in [0.25, 0.3) is 22.6 Å². The van der Waals surface area contributed by atoms with Gasteiger partial charge in [-0.05, 0) is 70.1 Å². The van der Waals surface area contributed by atoms with Crippen LogP contribution < -0.4 is 22.6 Å². The molecule has 0 aliphatic heterocycles. The molecule has 0 aromatic heterocycles. The fourth-order valence-electron chi connectivity index (χ4n) is 1.29. The molecule has 0 N–H and O–H groups in total. The Morgan fingerprint density at radius 3 is 1.64 bits per heavy atom. The van der Waals surface area contributed by atoms with Gasteiger partial charge in [-0.25, -0.2) is 0 Å². The Morgan fingerprint density at radius 1 is 0.714 bits per heavy atom. The van der Waals surface area contributed by atoms with E-state index in [0.717, 1.165) is 0 Å². The molecule has 2 rings (SSSR count). The number of rotatable bonds is 1. The van der Waals surface area contributed by atoms with Crippen LogP contribution >= 0.6 is 22.6 Å². The van der Waals surface area contributed by atoms with Crippen molar-refractivity contribution in [2.45, 2.75) is 0 Å². The first-order valence-corrected chi connectivity index (χ1v) is 6.53. The average Bonchev–Trinajstić information content (AvgIpc) is 2.21. The molecule has 0 spiro atoms. The zero-order valence-electron chi connectivity index (χ0n) is 7.41. The van der Waals surface area contributed by atoms with E-state index in [1.165, 1.54) is 18.3 Å². The second-order valence-corrected chi connectivity index (χ2v) is 5.62. The minimum absolute atomic E-state index is 1.28. The topological polar surface area (TPSA) is 0 Å². The van der Waals surface area contributed by atoms with Crippen LogP contribution in [0, 0.1) is 7.14 Å². The third-order valence-electron chi connectivity index (χ3n) is 2.03. The Hall–Kier alpha value is -0.100. The molecule has 14 heavy (non-hydrogen) atoms. The fourth-order valence-corrected chi connectivity index (χ4v) is 2.04. The fraction of sp³-hybridized carbons (Fsp3) is 0. The van der Waals surface area contributed by atoms with Gasteiger partial charge in [-0.2, -0.15) is 0 Å². The first kappa shape index (κ1) is 10.4. The zero-order valence-corrected chi connectivity index (χ0v) is 11.9. The molecule has 70 valence electrons. The van der Waals surface area contributed by atoms with Gasteiger partial charge in [0.15, 0.2) is 3.57 Å². The summed E-state index contributed by atoms with van der Waals surface area (Å²) in [4.78, 5) is 0. The van der Waals surface area contributed by atoms with Crippen LogP contribution in [0.1, 0.15) is 0 Å². The Morgan fingerprint density at radius 2 is 1.14 bits per heavy atom. The molecule has 2 heteroatoms. The summed E-state index contributed by atoms with van der Waals surface area (Å²) in [6.45, 7) is 0. The van der Waals surface area contributed by atoms with Crippen LogP contribution in [-0.2, 0) is 0 Å². The molecule has 2 aromatic rings. The monoisotopic (exact) mass is 407 g/mol. The van der Waals surface area contributed by atoms with E-state index < -0.39 is 0 Å². The standard InChI is InChI=1S/C12H9I2/c13-11-5-1-9(2-6-11)10-3-7-12(14)8-4-10/h1-8,13H/q+1. The molecule has 2 aromatic carbocycles. The van der Waals surface area contributed by atoms with Crippen molar-refractivity contribution in [3.05, 3.63) is 55.7 Å². The minimum Gasteiger partial charge on any atom is -0.0533 e. The molecular formula is C12H9I2+. The second kappa shape index (κ2) is 4.61. The first-order valence-electron chi connectivity index (χ1n) is 4.29. The van der Waals surface area contributed by atoms with Crippen LogP contribution in [0.2, 0.25) is 0 Å². The van der Waals surface area contributed by atoms with Crippen molar-refractivity contribution in [3.8, 4) is 11.1 Å². The lowest BCUT2D eigenvalue weighted by Crippen LogP contribution is -3.34. The van der Waals surface area contributed by atoms with E-state index in [-0.39, 0.29) is 0 Å². The normalized spacial score (nSPS) is 10.1. The average molecular weight is 407 g/mol. The Balaban J connectivity index is 2.40. The van der Waals surface area contributed by atoms with Crippen molar-refractivity contribution in [3.63, 3.8) is 0 Å². The van der Waals surface area contributed by atoms with Crippen LogP contribution in [0.25, 0.3) is 11.1 Å². The summed E-state index contributed by atoms with van der Waals surface area (Å²) in [5, 5.41) is 0. The smallest absolute Gasteiger partial charge is 0.0533 e. The molecule has 0 saturated carbocycles. The maximum atomic E-state index is 2.32. The van der Waals surface area contributed by atoms with Crippen molar-refractivity contribution >= 4 is 22.6 Å². The summed E-state index contributed by atoms with van der Waals surface area (Å²) in [7, 11) is 0. The third kappa shape index (κ3) is 2.48. The molecule has 0 amide bonds. The molecule has 0 nitrogen and oxygen atoms in total. The van der Waals surface area contributed by atoms with Gasteiger partial charge in [0.2, 0.25) is 0 Å². The first-order chi connectivity index (χ1) is 6.75. The molecule has 0 unspecified atom stereocenters. The minimum atomic E-state index is 1.28. The highest BCUT2D eigenvalue weighted by Gasteiger charge is 1.99. The van der Waals surface area contributed by atoms with E-state index in [9.17, 15) is 0 Å². The maximum Gasteiger partial charge on any atom is 0.296 e. The number of hydrogen-bond donors (Lipinski definition) is 0. The van der Waals surface area contributed by atoms with Gasteiger partial charge in [-0.3, -0.25) is 0 Å². The summed E-state index contributed by atoms with van der Waals surface area (Å²) in [6, 6.07) is 17.2. The predicted octanol–water partition coefficient (Wildman–Crippen LogP) is 0.413. The lowest BCUT2D eigenvalue weighted by atomic mass is 10.1. The van der Waals surface area contributed by atoms with E-state index >= 15 is 0 Å². The van der Waals surface area contributed by atoms with E-state index in [1.807, 2.05) is 22.6 Å². The Bertz CT molecular complexity index is 372. The van der Waals surface area contributed by atoms with Crippen LogP contribution in [0.5, 0.6) is 0 Å². The summed E-state index contributed by atoms with van der Waals surface area (Å²) in [5.74, 6) is 0. The molecule has 0 bridgehead atoms. The summed E-state index contributed by atoms with van der Waals surface area (Å²) in [6.07, 6.45) is 0. The molecule has 0 heterocycles. The lowest BCUT2D eigenvalue weighted by Gasteiger charge is -2.00. The van der Waals surface area contributed by atoms with Crippen LogP contribution in [0.3, 0.4) is 0 Å². The van der Waals surface area contributed by atoms with Gasteiger partial charge in [0.1, 0.15) is 0 Å². The van der Waals surface area contributed by atoms with Gasteiger partial charge >= 0.3 is 0 Å². The van der Waals surface area contributed by atoms with E-state index in [4.69, 9.17) is 0 Å². The third-order valence-corrected chi connectivity index (χ3v) is 3.53. The number of benzene rings is 2. The van der Waals surface area contributed by atoms with Gasteiger partial charge < -0.3 is 0 Å². The predicted molar refractivity (Wildman–Crippen MR) is 64.7 cm³/mol. The van der Waals surface area contributed by atoms with Crippen molar-refractivity contribution in [2.75, 3.05) is 0 Å². The van der Waals surface area contributed by atoms with Gasteiger partial charge in [0.05, 0.1) is 0 Å². The molecule has 0 aliphatic rings. The van der Waals surface area contributed by atoms with Crippen LogP contribution in [-0.4, -0.2) is 0 Å². The molecule has 0 aliphatic carbocycles. The zero-order chi connectivity index (χ0) is 9.97. The van der Waals surface area contributed by atoms with Crippen molar-refractivity contribution in [1.82, 2.24) is 0 Å². The lowest BCUT2D eigenvalue weighted by molar-refractivity contribution is -0.328. The highest BCUT2D eigenvalue weighted by molar-refractivity contribution is 14.1. The quantitative estimate of drug-likeness (QED) is 0.602. The van der Waals surface area contributed by atoms with Crippen LogP contribution in [0.15, 0.2) is 48.5 Å². The van der Waals surface area contributed by atoms with E-state index in [2.05, 4.69) is 71.1 Å². The number of halogens is 2. The maximum absolute atomic E-state index is 2.32. The van der Waals surface area contributed by atoms with E-state index in [0.29, 0.717) is 0 Å². The Kier molecular flexibility index (Phi) is 3.43. The van der Waals surface area contributed by atoms with E-state index in [1.54, 1.807) is 0 Å². The molecule has 0 radical (unpaired) electrons. The Labute approximate surface area is 111 Å². The summed E-state index contributed by atoms with van der Waals surface area (Å²) < 4.78 is 2.59. The van der Waals surface area contributed by atoms with Gasteiger partial charge in [-0.1, -0.05) is 12.1 Å². The van der Waals surface area contributed by atoms with Crippen molar-refractivity contribution < 1.29 is 22.6 Å².